The van der Waals surface area contributed by atoms with Gasteiger partial charge in [0, 0.05) is 110 Å². The number of nitrogens with zero attached hydrogens (tertiary/aromatic N) is 18. The second kappa shape index (κ2) is 44.0. The molecule has 0 bridgehead atoms. The van der Waals surface area contributed by atoms with Crippen LogP contribution in [-0.4, -0.2) is 276 Å². The van der Waals surface area contributed by atoms with Crippen molar-refractivity contribution in [2.45, 2.75) is 337 Å². The number of hydrogen-bond acceptors (Lipinski definition) is 24. The van der Waals surface area contributed by atoms with Crippen LogP contribution in [0.25, 0.3) is 66.2 Å². The van der Waals surface area contributed by atoms with Gasteiger partial charge in [0.2, 0.25) is 0 Å². The van der Waals surface area contributed by atoms with Gasteiger partial charge in [0.1, 0.15) is 107 Å². The van der Waals surface area contributed by atoms with E-state index in [1.165, 1.54) is 230 Å². The van der Waals surface area contributed by atoms with E-state index in [-0.39, 0.29) is 5.41 Å². The van der Waals surface area contributed by atoms with Crippen molar-refractivity contribution in [3.05, 3.63) is 109 Å². The molecule has 0 unspecified atom stereocenters. The Hall–Kier alpha value is -9.72. The smallest absolute Gasteiger partial charge is 0.143 e. The lowest BCUT2D eigenvalue weighted by molar-refractivity contribution is 0.221. The molecular weight excluding hydrogens is 1630 g/mol. The molecule has 8 aliphatic carbocycles. The molecule has 12 N–H and O–H groups in total. The standard InChI is InChI=1S/C18H27N5.C18H29N5.C17H25N5.C17H27N5.C16H25N5.C15H23N5/c1-23(2)14-8-6-13(7-9-14)22-18-16-15(12-4-3-5-12)10-19-17(16)20-11-21-18;1-18(2,3)14-10-19-16-15(14)17(21-11-20-16)22-12-6-8-13(9-7-12)23(4)5;1-22(2)13-7-5-12(6-8-13)21-17-15-14(11-3-4-11)9-18-16(15)19-10-20-17;1-11(2)14-9-18-16-15(14)17(20-10-19-16)21-12-5-7-13(8-6-12)22(3)4;1-4-11-9-17-15-14(11)16(19-10-18-15)20-12-5-7-13(8-6-12)21(2)3;1-10-8-16-14-13(10)15(18-9-17-14)19-11-4-6-12(7-5-11)20(2)3/h10-14H,3-9H2,1-2H3,(H2,19,20,21,22);10-13H,6-9H2,1-5H3,(H2,19,20,21,22);9-13H,3-8H2,1-2H3,(H2,18,19,20,21);9-13H,5-8H2,1-4H3,(H2,18,19,20,21);9-10,12-13H,4-8H2,1-3H3,(H2,17,18,19,20);8-9,11-12H,4-7H2,1-3H3,(H2,16,17,18,19). The first-order valence-corrected chi connectivity index (χ1v) is 49.7. The predicted octanol–water partition coefficient (Wildman–Crippen LogP) is 18.9. The zero-order chi connectivity index (χ0) is 92.1. The summed E-state index contributed by atoms with van der Waals surface area (Å²) < 4.78 is 0. The highest BCUT2D eigenvalue weighted by molar-refractivity contribution is 5.95. The molecule has 0 atom stereocenters. The Morgan fingerprint density at radius 1 is 0.298 bits per heavy atom. The third-order valence-electron chi connectivity index (χ3n) is 30.2. The molecule has 710 valence electrons. The minimum absolute atomic E-state index is 0.0714. The van der Waals surface area contributed by atoms with Crippen molar-refractivity contribution in [2.75, 3.05) is 116 Å². The number of rotatable bonds is 22. The van der Waals surface area contributed by atoms with Gasteiger partial charge < -0.3 is 91.2 Å². The quantitative estimate of drug-likeness (QED) is 0.0300. The first-order chi connectivity index (χ1) is 63.2. The fourth-order valence-corrected chi connectivity index (χ4v) is 21.4. The summed E-state index contributed by atoms with van der Waals surface area (Å²) in [6, 6.07) is 7.52. The molecule has 20 rings (SSSR count). The molecular formula is C101H156N30. The van der Waals surface area contributed by atoms with Crippen LogP contribution in [0.5, 0.6) is 0 Å². The lowest BCUT2D eigenvalue weighted by Crippen LogP contribution is -2.36. The number of aromatic amines is 6. The Bertz CT molecular complexity index is 5420. The van der Waals surface area contributed by atoms with Crippen LogP contribution in [0, 0.1) is 6.92 Å². The van der Waals surface area contributed by atoms with Crippen LogP contribution in [0.4, 0.5) is 34.9 Å². The largest absolute Gasteiger partial charge is 0.367 e. The molecule has 30 heteroatoms. The molecule has 0 spiro atoms. The van der Waals surface area contributed by atoms with Crippen LogP contribution in [-0.2, 0) is 11.8 Å². The van der Waals surface area contributed by atoms with E-state index < -0.39 is 0 Å². The molecule has 131 heavy (non-hydrogen) atoms. The molecule has 8 saturated carbocycles. The fraction of sp³-hybridized carbons (Fsp3) is 0.644. The zero-order valence-electron chi connectivity index (χ0n) is 82.4. The lowest BCUT2D eigenvalue weighted by Gasteiger charge is -2.33. The average molecular weight is 1790 g/mol. The summed E-state index contributed by atoms with van der Waals surface area (Å²) in [5, 5.41) is 29.1. The summed E-state index contributed by atoms with van der Waals surface area (Å²) >= 11 is 0. The van der Waals surface area contributed by atoms with E-state index >= 15 is 0 Å². The van der Waals surface area contributed by atoms with Crippen molar-refractivity contribution in [2.24, 2.45) is 0 Å². The molecule has 0 amide bonds. The highest BCUT2D eigenvalue weighted by Gasteiger charge is 2.34. The fourth-order valence-electron chi connectivity index (χ4n) is 21.4. The summed E-state index contributed by atoms with van der Waals surface area (Å²) in [6.07, 6.45) is 59.5. The van der Waals surface area contributed by atoms with E-state index in [9.17, 15) is 0 Å². The van der Waals surface area contributed by atoms with Gasteiger partial charge in [-0.1, -0.05) is 48.0 Å². The van der Waals surface area contributed by atoms with Crippen molar-refractivity contribution in [1.82, 2.24) is 119 Å². The van der Waals surface area contributed by atoms with E-state index in [1.807, 2.05) is 12.4 Å². The summed E-state index contributed by atoms with van der Waals surface area (Å²) in [5.41, 5.74) is 13.6. The van der Waals surface area contributed by atoms with Crippen LogP contribution in [0.15, 0.2) is 75.1 Å². The van der Waals surface area contributed by atoms with Gasteiger partial charge in [0.05, 0.1) is 32.3 Å². The third-order valence-corrected chi connectivity index (χ3v) is 30.2. The van der Waals surface area contributed by atoms with Gasteiger partial charge in [-0.25, -0.2) is 59.8 Å². The molecule has 12 aromatic rings. The minimum atomic E-state index is 0.0714. The number of hydrogen-bond donors (Lipinski definition) is 12. The number of H-pyrrole nitrogens is 6. The van der Waals surface area contributed by atoms with Crippen molar-refractivity contribution in [3.8, 4) is 0 Å². The van der Waals surface area contributed by atoms with Crippen LogP contribution in [0.2, 0.25) is 0 Å². The highest BCUT2D eigenvalue weighted by Crippen LogP contribution is 2.46. The lowest BCUT2D eigenvalue weighted by atomic mass is 9.80. The van der Waals surface area contributed by atoms with E-state index in [4.69, 9.17) is 0 Å². The van der Waals surface area contributed by atoms with Gasteiger partial charge in [-0.3, -0.25) is 0 Å². The maximum Gasteiger partial charge on any atom is 0.143 e. The minimum Gasteiger partial charge on any atom is -0.367 e. The van der Waals surface area contributed by atoms with Crippen LogP contribution in [0.3, 0.4) is 0 Å². The molecule has 0 saturated heterocycles. The summed E-state index contributed by atoms with van der Waals surface area (Å²) in [5.74, 6) is 7.87. The van der Waals surface area contributed by atoms with Gasteiger partial charge >= 0.3 is 0 Å². The third kappa shape index (κ3) is 23.9. The van der Waals surface area contributed by atoms with Crippen molar-refractivity contribution < 1.29 is 0 Å². The Balaban J connectivity index is 0.000000120. The predicted molar refractivity (Wildman–Crippen MR) is 539 cm³/mol. The number of aromatic nitrogens is 18. The Labute approximate surface area is 777 Å². The van der Waals surface area contributed by atoms with Crippen molar-refractivity contribution in [1.29, 1.82) is 0 Å². The SMILES string of the molecule is CC(C)c1c[nH]c2ncnc(NC3CCC(N(C)C)CC3)c12.CCc1c[nH]c2ncnc(NC3CCC(N(C)C)CC3)c12.CN(C)C1CCC(Nc2ncnc3[nH]cc(C(C)(C)C)c23)CC1.CN(C)C1CCC(Nc2ncnc3[nH]cc(C4CC4)c23)CC1.CN(C)C1CCC(Nc2ncnc3[nH]cc(C4CCC4)c23)CC1.Cc1c[nH]c2ncnc(NC3CCC(N(C)C)CC3)c12. The van der Waals surface area contributed by atoms with E-state index in [1.54, 1.807) is 38.0 Å². The normalized spacial score (nSPS) is 23.9. The van der Waals surface area contributed by atoms with E-state index in [0.29, 0.717) is 54.0 Å². The summed E-state index contributed by atoms with van der Waals surface area (Å²) in [6.45, 7) is 15.4. The summed E-state index contributed by atoms with van der Waals surface area (Å²) in [7, 11) is 26.2. The molecule has 8 aliphatic rings. The topological polar surface area (TPSA) is 341 Å². The molecule has 12 aromatic heterocycles. The van der Waals surface area contributed by atoms with E-state index in [2.05, 4.69) is 309 Å². The number of anilines is 6. The molecule has 30 nitrogen and oxygen atoms in total. The maximum absolute atomic E-state index is 4.58. The molecule has 0 radical (unpaired) electrons. The van der Waals surface area contributed by atoms with Crippen molar-refractivity contribution in [3.63, 3.8) is 0 Å². The van der Waals surface area contributed by atoms with Gasteiger partial charge in [-0.2, -0.15) is 0 Å². The van der Waals surface area contributed by atoms with Crippen LogP contribution >= 0.6 is 0 Å². The molecule has 8 fully saturated rings. The Morgan fingerprint density at radius 2 is 0.557 bits per heavy atom. The number of aryl methyl sites for hydroxylation is 2. The zero-order valence-corrected chi connectivity index (χ0v) is 82.4. The van der Waals surface area contributed by atoms with E-state index in [0.717, 1.165) is 133 Å². The first kappa shape index (κ1) is 95.9. The summed E-state index contributed by atoms with van der Waals surface area (Å²) in [4.78, 5) is 87.0. The molecule has 12 heterocycles. The van der Waals surface area contributed by atoms with Gasteiger partial charge in [0.25, 0.3) is 0 Å². The number of fused-ring (bicyclic) bond motifs is 6. The highest BCUT2D eigenvalue weighted by atomic mass is 15.2. The average Bonchev–Trinajstić information content (AvgIpc) is 1.59. The Kier molecular flexibility index (Phi) is 32.2. The van der Waals surface area contributed by atoms with Crippen LogP contribution in [0.1, 0.15) is 279 Å². The van der Waals surface area contributed by atoms with Crippen molar-refractivity contribution >= 4 is 101 Å². The van der Waals surface area contributed by atoms with Gasteiger partial charge in [-0.15, -0.1) is 0 Å². The van der Waals surface area contributed by atoms with Crippen LogP contribution < -0.4 is 31.9 Å². The second-order valence-corrected chi connectivity index (χ2v) is 41.7. The van der Waals surface area contributed by atoms with Gasteiger partial charge in [-0.05, 0) is 334 Å². The molecule has 0 aliphatic heterocycles. The number of nitrogens with one attached hydrogen (secondary N) is 12. The second-order valence-electron chi connectivity index (χ2n) is 41.7. The molecule has 0 aromatic carbocycles. The van der Waals surface area contributed by atoms with Gasteiger partial charge in [0.15, 0.2) is 0 Å². The maximum atomic E-state index is 4.58. The monoisotopic (exact) mass is 1790 g/mol. The Morgan fingerprint density at radius 3 is 0.863 bits per heavy atom. The first-order valence-electron chi connectivity index (χ1n) is 49.7.